The van der Waals surface area contributed by atoms with Gasteiger partial charge < -0.3 is 10.2 Å². The predicted octanol–water partition coefficient (Wildman–Crippen LogP) is 3.05. The molecule has 0 fully saturated rings. The summed E-state index contributed by atoms with van der Waals surface area (Å²) in [6.07, 6.45) is 0. The summed E-state index contributed by atoms with van der Waals surface area (Å²) in [5.74, 6) is 0.464. The number of guanidine groups is 1. The van der Waals surface area contributed by atoms with Crippen LogP contribution in [0.15, 0.2) is 52.4 Å². The molecule has 3 rings (SSSR count). The zero-order valence-electron chi connectivity index (χ0n) is 16.5. The van der Waals surface area contributed by atoms with E-state index < -0.39 is 10.1 Å². The van der Waals surface area contributed by atoms with Crippen molar-refractivity contribution in [2.45, 2.75) is 25.7 Å². The van der Waals surface area contributed by atoms with Crippen LogP contribution in [0.2, 0.25) is 0 Å². The lowest BCUT2D eigenvalue weighted by Gasteiger charge is -2.19. The van der Waals surface area contributed by atoms with Gasteiger partial charge in [0, 0.05) is 12.2 Å². The Hall–Kier alpha value is -2.78. The number of rotatable bonds is 4. The highest BCUT2D eigenvalue weighted by molar-refractivity contribution is 7.85. The molecule has 0 aromatic heterocycles. The van der Waals surface area contributed by atoms with Crippen molar-refractivity contribution in [3.8, 4) is 0 Å². The number of hydrogen-bond acceptors (Lipinski definition) is 6. The molecule has 9 heteroatoms. The highest BCUT2D eigenvalue weighted by Gasteiger charge is 2.18. The molecule has 0 spiro atoms. The molecule has 0 atom stereocenters. The van der Waals surface area contributed by atoms with Crippen LogP contribution in [0.4, 0.5) is 10.1 Å². The topological polar surface area (TPSA) is 99.1 Å². The summed E-state index contributed by atoms with van der Waals surface area (Å²) in [6, 6.07) is 10.9. The van der Waals surface area contributed by atoms with E-state index in [1.54, 1.807) is 38.1 Å². The van der Waals surface area contributed by atoms with Crippen molar-refractivity contribution in [2.75, 3.05) is 25.0 Å². The van der Waals surface area contributed by atoms with Gasteiger partial charge in [-0.3, -0.25) is 14.3 Å². The third kappa shape index (κ3) is 6.95. The van der Waals surface area contributed by atoms with Crippen molar-refractivity contribution >= 4 is 27.5 Å². The van der Waals surface area contributed by atoms with Crippen LogP contribution >= 0.6 is 0 Å². The summed E-state index contributed by atoms with van der Waals surface area (Å²) < 4.78 is 43.0. The van der Waals surface area contributed by atoms with Crippen molar-refractivity contribution < 1.29 is 22.2 Å². The SMILES string of the molecule is CC(=O)CN1CCN=C1Nc1ccc(C)c(F)c1.Cc1ccc(S(=O)(=O)O)cc1. The second-order valence-electron chi connectivity index (χ2n) is 6.71. The number of nitrogens with zero attached hydrogens (tertiary/aromatic N) is 2. The lowest BCUT2D eigenvalue weighted by atomic mass is 10.2. The Kier molecular flexibility index (Phi) is 7.46. The van der Waals surface area contributed by atoms with Crippen LogP contribution in [-0.2, 0) is 14.9 Å². The van der Waals surface area contributed by atoms with Gasteiger partial charge in [-0.05, 0) is 50.6 Å². The van der Waals surface area contributed by atoms with E-state index >= 15 is 0 Å². The minimum Gasteiger partial charge on any atom is -0.334 e. The average molecular weight is 421 g/mol. The second-order valence-corrected chi connectivity index (χ2v) is 8.13. The highest BCUT2D eigenvalue weighted by Crippen LogP contribution is 2.15. The van der Waals surface area contributed by atoms with Crippen molar-refractivity contribution in [1.82, 2.24) is 4.90 Å². The molecule has 1 heterocycles. The van der Waals surface area contributed by atoms with Crippen LogP contribution in [0.3, 0.4) is 0 Å². The zero-order chi connectivity index (χ0) is 21.6. The zero-order valence-corrected chi connectivity index (χ0v) is 17.3. The van der Waals surface area contributed by atoms with Crippen molar-refractivity contribution in [2.24, 2.45) is 4.99 Å². The van der Waals surface area contributed by atoms with Crippen molar-refractivity contribution in [1.29, 1.82) is 0 Å². The summed E-state index contributed by atoms with van der Waals surface area (Å²) in [7, 11) is -4.02. The van der Waals surface area contributed by atoms with Gasteiger partial charge in [-0.25, -0.2) is 4.39 Å². The Labute approximate surface area is 170 Å². The molecule has 0 bridgehead atoms. The van der Waals surface area contributed by atoms with E-state index in [0.717, 1.165) is 12.1 Å². The Morgan fingerprint density at radius 1 is 1.21 bits per heavy atom. The minimum absolute atomic E-state index is 0.0666. The van der Waals surface area contributed by atoms with E-state index in [-0.39, 0.29) is 16.5 Å². The number of nitrogens with one attached hydrogen (secondary N) is 1. The maximum Gasteiger partial charge on any atom is 0.294 e. The number of halogens is 1. The van der Waals surface area contributed by atoms with Crippen LogP contribution in [0.1, 0.15) is 18.1 Å². The van der Waals surface area contributed by atoms with Gasteiger partial charge in [-0.2, -0.15) is 8.42 Å². The molecule has 0 radical (unpaired) electrons. The Morgan fingerprint density at radius 3 is 2.41 bits per heavy atom. The van der Waals surface area contributed by atoms with Gasteiger partial charge in [0.15, 0.2) is 5.96 Å². The molecule has 0 saturated carbocycles. The lowest BCUT2D eigenvalue weighted by molar-refractivity contribution is -0.117. The molecule has 0 saturated heterocycles. The summed E-state index contributed by atoms with van der Waals surface area (Å²) in [4.78, 5) is 17.2. The molecule has 1 aliphatic heterocycles. The van der Waals surface area contributed by atoms with Crippen LogP contribution in [-0.4, -0.2) is 49.2 Å². The Bertz CT molecular complexity index is 1000. The maximum atomic E-state index is 13.4. The number of ketones is 1. The van der Waals surface area contributed by atoms with Gasteiger partial charge in [0.05, 0.1) is 18.0 Å². The maximum absolute atomic E-state index is 13.4. The van der Waals surface area contributed by atoms with E-state index in [2.05, 4.69) is 10.3 Å². The average Bonchev–Trinajstić information content (AvgIpc) is 3.04. The molecule has 2 aromatic rings. The molecule has 156 valence electrons. The third-order valence-electron chi connectivity index (χ3n) is 4.09. The van der Waals surface area contributed by atoms with Gasteiger partial charge in [-0.1, -0.05) is 23.8 Å². The minimum atomic E-state index is -4.02. The fourth-order valence-corrected chi connectivity index (χ4v) is 3.01. The first-order valence-corrected chi connectivity index (χ1v) is 10.4. The van der Waals surface area contributed by atoms with Crippen molar-refractivity contribution in [3.05, 3.63) is 59.4 Å². The third-order valence-corrected chi connectivity index (χ3v) is 4.96. The molecule has 0 amide bonds. The van der Waals surface area contributed by atoms with Crippen molar-refractivity contribution in [3.63, 3.8) is 0 Å². The Balaban J connectivity index is 0.000000234. The molecule has 29 heavy (non-hydrogen) atoms. The van der Waals surface area contributed by atoms with Gasteiger partial charge in [-0.15, -0.1) is 0 Å². The normalized spacial score (nSPS) is 13.4. The molecule has 1 aliphatic rings. The summed E-state index contributed by atoms with van der Waals surface area (Å²) in [6.45, 7) is 6.81. The number of anilines is 1. The molecule has 0 unspecified atom stereocenters. The Morgan fingerprint density at radius 2 is 1.86 bits per heavy atom. The van der Waals surface area contributed by atoms with Crippen LogP contribution in [0.25, 0.3) is 0 Å². The first-order valence-electron chi connectivity index (χ1n) is 8.92. The molecule has 2 aromatic carbocycles. The molecular weight excluding hydrogens is 397 g/mol. The number of carbonyl (C=O) groups is 1. The number of hydrogen-bond donors (Lipinski definition) is 2. The smallest absolute Gasteiger partial charge is 0.294 e. The highest BCUT2D eigenvalue weighted by atomic mass is 32.2. The molecule has 2 N–H and O–H groups in total. The van der Waals surface area contributed by atoms with Gasteiger partial charge in [0.1, 0.15) is 11.6 Å². The van der Waals surface area contributed by atoms with Crippen LogP contribution in [0.5, 0.6) is 0 Å². The lowest BCUT2D eigenvalue weighted by Crippen LogP contribution is -2.36. The molecule has 0 aliphatic carbocycles. The number of aryl methyl sites for hydroxylation is 2. The largest absolute Gasteiger partial charge is 0.334 e. The van der Waals surface area contributed by atoms with E-state index in [4.69, 9.17) is 4.55 Å². The van der Waals surface area contributed by atoms with Gasteiger partial charge >= 0.3 is 0 Å². The second kappa shape index (κ2) is 9.62. The van der Waals surface area contributed by atoms with Gasteiger partial charge in [0.25, 0.3) is 10.1 Å². The summed E-state index contributed by atoms with van der Waals surface area (Å²) >= 11 is 0. The number of aliphatic imine (C=N–C) groups is 1. The standard InChI is InChI=1S/C13H16FN3O.C7H8O3S/c1-9-3-4-11(7-12(9)14)16-13-15-5-6-17(13)8-10(2)18;1-6-2-4-7(5-3-6)11(8,9)10/h3-4,7H,5-6,8H2,1-2H3,(H,15,16);2-5H,1H3,(H,8,9,10). The number of carbonyl (C=O) groups excluding carboxylic acids is 1. The van der Waals surface area contributed by atoms with E-state index in [1.807, 2.05) is 11.8 Å². The van der Waals surface area contributed by atoms with E-state index in [1.165, 1.54) is 18.2 Å². The van der Waals surface area contributed by atoms with E-state index in [9.17, 15) is 17.6 Å². The summed E-state index contributed by atoms with van der Waals surface area (Å²) in [5, 5.41) is 3.05. The fraction of sp³-hybridized carbons (Fsp3) is 0.300. The first-order chi connectivity index (χ1) is 13.6. The quantitative estimate of drug-likeness (QED) is 0.736. The van der Waals surface area contributed by atoms with Crippen LogP contribution in [0, 0.1) is 19.7 Å². The number of Topliss-reactive ketones (excluding diaryl/α,β-unsaturated/α-hetero) is 1. The monoisotopic (exact) mass is 421 g/mol. The predicted molar refractivity (Wildman–Crippen MR) is 110 cm³/mol. The first kappa shape index (κ1) is 22.5. The fourth-order valence-electron chi connectivity index (χ4n) is 2.53. The molecular formula is C20H24FN3O4S. The van der Waals surface area contributed by atoms with Gasteiger partial charge in [0.2, 0.25) is 0 Å². The summed E-state index contributed by atoms with van der Waals surface area (Å²) in [5.41, 5.74) is 2.21. The number of benzene rings is 2. The molecule has 7 nitrogen and oxygen atoms in total. The van der Waals surface area contributed by atoms with Crippen LogP contribution < -0.4 is 5.32 Å². The van der Waals surface area contributed by atoms with E-state index in [0.29, 0.717) is 30.3 Å².